The maximum atomic E-state index is 6.94. The third-order valence-electron chi connectivity index (χ3n) is 8.07. The van der Waals surface area contributed by atoms with Crippen molar-refractivity contribution in [2.24, 2.45) is 11.8 Å². The Balaban J connectivity index is 1.87. The minimum atomic E-state index is -1.91. The number of epoxide rings is 1. The molecule has 0 bridgehead atoms. The van der Waals surface area contributed by atoms with Crippen LogP contribution < -0.4 is 4.74 Å². The molecule has 1 aliphatic heterocycles. The molecule has 2 aliphatic rings. The molecule has 1 aromatic rings. The maximum absolute atomic E-state index is 6.94. The average Bonchev–Trinajstić information content (AvgIpc) is 3.56. The van der Waals surface area contributed by atoms with Crippen molar-refractivity contribution in [1.29, 1.82) is 0 Å². The van der Waals surface area contributed by atoms with Gasteiger partial charge in [-0.15, -0.1) is 0 Å². The molecule has 35 heavy (non-hydrogen) atoms. The van der Waals surface area contributed by atoms with Gasteiger partial charge in [0, 0.05) is 19.4 Å². The zero-order valence-electron chi connectivity index (χ0n) is 23.4. The molecule has 0 aromatic heterocycles. The minimum absolute atomic E-state index is 0.0514. The lowest BCUT2D eigenvalue weighted by Gasteiger charge is -2.48. The van der Waals surface area contributed by atoms with E-state index < -0.39 is 8.32 Å². The van der Waals surface area contributed by atoms with Crippen molar-refractivity contribution in [3.8, 4) is 5.75 Å². The second kappa shape index (κ2) is 11.9. The van der Waals surface area contributed by atoms with Gasteiger partial charge >= 0.3 is 0 Å². The first-order valence-electron chi connectivity index (χ1n) is 13.3. The number of hydrogen-bond acceptors (Lipinski definition) is 5. The average molecular weight is 505 g/mol. The standard InChI is InChI=1S/C29H48O5Si/c1-20(2)11-10-12-22(5)26-28(31-7)27(32-18-23-13-15-24(30-6)16-14-23)25(17-29(26)19-33-29)34-35(8,9)21(3)4/h12-16,20-21,25-28H,10-11,17-19H2,1-9H3/t25-,26-,27+,28-,29-/m0/s1. The van der Waals surface area contributed by atoms with E-state index in [-0.39, 0.29) is 29.8 Å². The smallest absolute Gasteiger partial charge is 0.189 e. The molecule has 1 saturated carbocycles. The van der Waals surface area contributed by atoms with Gasteiger partial charge in [-0.1, -0.05) is 51.5 Å². The molecular weight excluding hydrogens is 456 g/mol. The Morgan fingerprint density at radius 2 is 1.77 bits per heavy atom. The summed E-state index contributed by atoms with van der Waals surface area (Å²) < 4.78 is 31.4. The van der Waals surface area contributed by atoms with Gasteiger partial charge in [0.15, 0.2) is 8.32 Å². The molecule has 1 spiro atoms. The van der Waals surface area contributed by atoms with Crippen LogP contribution in [-0.4, -0.2) is 53.1 Å². The van der Waals surface area contributed by atoms with Crippen LogP contribution in [0.2, 0.25) is 18.6 Å². The van der Waals surface area contributed by atoms with Crippen molar-refractivity contribution >= 4 is 8.32 Å². The molecule has 1 saturated heterocycles. The van der Waals surface area contributed by atoms with Crippen LogP contribution in [-0.2, 0) is 25.2 Å². The van der Waals surface area contributed by atoms with Gasteiger partial charge in [0.25, 0.3) is 0 Å². The van der Waals surface area contributed by atoms with Crippen LogP contribution in [0.25, 0.3) is 0 Å². The van der Waals surface area contributed by atoms with Crippen LogP contribution >= 0.6 is 0 Å². The monoisotopic (exact) mass is 504 g/mol. The Morgan fingerprint density at radius 1 is 1.11 bits per heavy atom. The first-order valence-corrected chi connectivity index (χ1v) is 16.3. The Bertz CT molecular complexity index is 828. The van der Waals surface area contributed by atoms with Gasteiger partial charge in [0.1, 0.15) is 17.5 Å². The fraction of sp³-hybridized carbons (Fsp3) is 0.724. The van der Waals surface area contributed by atoms with Gasteiger partial charge < -0.3 is 23.4 Å². The summed E-state index contributed by atoms with van der Waals surface area (Å²) in [5.41, 5.74) is 2.78. The van der Waals surface area contributed by atoms with Crippen LogP contribution in [0.5, 0.6) is 5.75 Å². The fourth-order valence-electron chi connectivity index (χ4n) is 5.14. The molecule has 0 amide bonds. The second-order valence-electron chi connectivity index (χ2n) is 11.7. The predicted molar refractivity (Wildman–Crippen MR) is 144 cm³/mol. The molecule has 1 heterocycles. The van der Waals surface area contributed by atoms with Gasteiger partial charge in [-0.05, 0) is 62.0 Å². The van der Waals surface area contributed by atoms with Gasteiger partial charge in [-0.3, -0.25) is 0 Å². The lowest BCUT2D eigenvalue weighted by atomic mass is 9.70. The molecule has 0 radical (unpaired) electrons. The van der Waals surface area contributed by atoms with Crippen molar-refractivity contribution in [3.05, 3.63) is 41.5 Å². The van der Waals surface area contributed by atoms with Crippen molar-refractivity contribution in [2.75, 3.05) is 20.8 Å². The lowest BCUT2D eigenvalue weighted by Crippen LogP contribution is -2.59. The van der Waals surface area contributed by atoms with Crippen molar-refractivity contribution in [1.82, 2.24) is 0 Å². The van der Waals surface area contributed by atoms with E-state index in [1.807, 2.05) is 19.2 Å². The molecule has 2 fully saturated rings. The minimum Gasteiger partial charge on any atom is -0.497 e. The Labute approximate surface area is 214 Å². The molecule has 1 aromatic carbocycles. The van der Waals surface area contributed by atoms with Crippen LogP contribution in [0.3, 0.4) is 0 Å². The van der Waals surface area contributed by atoms with Crippen molar-refractivity contribution < 1.29 is 23.4 Å². The quantitative estimate of drug-likeness (QED) is 0.179. The summed E-state index contributed by atoms with van der Waals surface area (Å²) in [6.07, 6.45) is 5.18. The number of rotatable bonds is 12. The summed E-state index contributed by atoms with van der Waals surface area (Å²) >= 11 is 0. The summed E-state index contributed by atoms with van der Waals surface area (Å²) in [5, 5.41) is 0. The fourth-order valence-corrected chi connectivity index (χ4v) is 6.41. The summed E-state index contributed by atoms with van der Waals surface area (Å²) in [7, 11) is 1.59. The number of hydrogen-bond donors (Lipinski definition) is 0. The van der Waals surface area contributed by atoms with Crippen molar-refractivity contribution in [2.45, 2.75) is 103 Å². The number of benzene rings is 1. The zero-order chi connectivity index (χ0) is 25.8. The lowest BCUT2D eigenvalue weighted by molar-refractivity contribution is -0.165. The molecule has 198 valence electrons. The summed E-state index contributed by atoms with van der Waals surface area (Å²) in [4.78, 5) is 0. The zero-order valence-corrected chi connectivity index (χ0v) is 24.4. The Kier molecular flexibility index (Phi) is 9.66. The molecular formula is C29H48O5Si. The van der Waals surface area contributed by atoms with E-state index in [1.54, 1.807) is 7.11 Å². The molecule has 0 unspecified atom stereocenters. The largest absolute Gasteiger partial charge is 0.497 e. The Hall–Kier alpha value is -1.18. The van der Waals surface area contributed by atoms with Crippen LogP contribution in [0.4, 0.5) is 0 Å². The molecule has 5 nitrogen and oxygen atoms in total. The summed E-state index contributed by atoms with van der Waals surface area (Å²) in [6.45, 7) is 17.2. The first kappa shape index (κ1) is 28.4. The van der Waals surface area contributed by atoms with Crippen LogP contribution in [0, 0.1) is 11.8 Å². The summed E-state index contributed by atoms with van der Waals surface area (Å²) in [5.74, 6) is 1.71. The van der Waals surface area contributed by atoms with E-state index in [0.717, 1.165) is 30.8 Å². The van der Waals surface area contributed by atoms with Gasteiger partial charge in [-0.2, -0.15) is 0 Å². The van der Waals surface area contributed by atoms with E-state index >= 15 is 0 Å². The topological polar surface area (TPSA) is 49.5 Å². The third-order valence-corrected chi connectivity index (χ3v) is 11.8. The SMILES string of the molecule is COc1ccc(CO[C@H]2[C@@H](OC)[C@H](C(C)=CCCC(C)C)[C@@]3(CO3)C[C@@H]2O[Si](C)(C)C(C)C)cc1. The van der Waals surface area contributed by atoms with Crippen molar-refractivity contribution in [3.63, 3.8) is 0 Å². The highest BCUT2D eigenvalue weighted by Gasteiger charge is 2.63. The molecule has 5 atom stereocenters. The predicted octanol–water partition coefficient (Wildman–Crippen LogP) is 6.77. The van der Waals surface area contributed by atoms with E-state index in [4.69, 9.17) is 23.4 Å². The second-order valence-corrected chi connectivity index (χ2v) is 16.3. The molecule has 6 heteroatoms. The van der Waals surface area contributed by atoms with Gasteiger partial charge in [-0.25, -0.2) is 0 Å². The number of ether oxygens (including phenoxy) is 4. The number of methoxy groups -OCH3 is 2. The summed E-state index contributed by atoms with van der Waals surface area (Å²) in [6, 6.07) is 8.08. The normalized spacial score (nSPS) is 29.3. The van der Waals surface area contributed by atoms with E-state index in [0.29, 0.717) is 18.1 Å². The van der Waals surface area contributed by atoms with E-state index in [9.17, 15) is 0 Å². The first-order chi connectivity index (χ1) is 16.5. The highest BCUT2D eigenvalue weighted by molar-refractivity contribution is 6.72. The van der Waals surface area contributed by atoms with E-state index in [2.05, 4.69) is 65.9 Å². The number of allylic oxidation sites excluding steroid dienone is 1. The third kappa shape index (κ3) is 6.98. The van der Waals surface area contributed by atoms with Gasteiger partial charge in [0.2, 0.25) is 0 Å². The molecule has 3 rings (SSSR count). The molecule has 1 aliphatic carbocycles. The van der Waals surface area contributed by atoms with Crippen LogP contribution in [0.1, 0.15) is 59.4 Å². The Morgan fingerprint density at radius 3 is 2.29 bits per heavy atom. The highest BCUT2D eigenvalue weighted by atomic mass is 28.4. The van der Waals surface area contributed by atoms with E-state index in [1.165, 1.54) is 12.0 Å². The molecule has 0 N–H and O–H groups in total. The van der Waals surface area contributed by atoms with Crippen LogP contribution in [0.15, 0.2) is 35.9 Å². The maximum Gasteiger partial charge on any atom is 0.189 e. The van der Waals surface area contributed by atoms with Gasteiger partial charge in [0.05, 0.1) is 32.5 Å². The highest BCUT2D eigenvalue weighted by Crippen LogP contribution is 2.52.